The van der Waals surface area contributed by atoms with Crippen molar-refractivity contribution in [2.45, 2.75) is 53.1 Å². The van der Waals surface area contributed by atoms with Gasteiger partial charge in [0.25, 0.3) is 0 Å². The van der Waals surface area contributed by atoms with Crippen LogP contribution in [0.4, 0.5) is 0 Å². The Labute approximate surface area is 164 Å². The number of methoxy groups -OCH3 is 1. The van der Waals surface area contributed by atoms with E-state index in [1.807, 2.05) is 38.1 Å². The molecule has 0 fully saturated rings. The lowest BCUT2D eigenvalue weighted by molar-refractivity contribution is 0.175. The molecule has 0 aliphatic heterocycles. The Morgan fingerprint density at radius 2 is 1.89 bits per heavy atom. The zero-order chi connectivity index (χ0) is 20.1. The van der Waals surface area contributed by atoms with Crippen LogP contribution in [0.3, 0.4) is 0 Å². The van der Waals surface area contributed by atoms with Crippen LogP contribution in [0.2, 0.25) is 0 Å². The summed E-state index contributed by atoms with van der Waals surface area (Å²) in [6.07, 6.45) is 2.75. The maximum atomic E-state index is 9.38. The molecule has 154 valence electrons. The van der Waals surface area contributed by atoms with Gasteiger partial charge in [0.1, 0.15) is 17.6 Å². The molecule has 0 spiro atoms. The van der Waals surface area contributed by atoms with Gasteiger partial charge in [-0.3, -0.25) is 4.99 Å². The number of hydrogen-bond donors (Lipinski definition) is 3. The quantitative estimate of drug-likeness (QED) is 0.384. The third-order valence-electron chi connectivity index (χ3n) is 4.99. The number of hydrogen-bond acceptors (Lipinski definition) is 4. The number of aliphatic imine (C=N–C) groups is 1. The van der Waals surface area contributed by atoms with E-state index in [0.717, 1.165) is 43.3 Å². The average molecular weight is 380 g/mol. The Hall–Kier alpha value is -1.95. The number of nitrogens with one attached hydrogen (secondary N) is 2. The molecule has 6 nitrogen and oxygen atoms in total. The summed E-state index contributed by atoms with van der Waals surface area (Å²) in [5.74, 6) is 2.34. The smallest absolute Gasteiger partial charge is 0.191 e. The first-order chi connectivity index (χ1) is 13.0. The first-order valence-electron chi connectivity index (χ1n) is 9.96. The lowest BCUT2D eigenvalue weighted by Gasteiger charge is -2.29. The van der Waals surface area contributed by atoms with Gasteiger partial charge in [0, 0.05) is 25.8 Å². The largest absolute Gasteiger partial charge is 0.497 e. The van der Waals surface area contributed by atoms with Gasteiger partial charge in [-0.05, 0) is 50.7 Å². The van der Waals surface area contributed by atoms with Crippen LogP contribution in [0.25, 0.3) is 0 Å². The highest BCUT2D eigenvalue weighted by molar-refractivity contribution is 5.79. The maximum Gasteiger partial charge on any atom is 0.191 e. The van der Waals surface area contributed by atoms with Crippen molar-refractivity contribution >= 4 is 5.96 Å². The third-order valence-corrected chi connectivity index (χ3v) is 4.99. The zero-order valence-corrected chi connectivity index (χ0v) is 17.5. The molecule has 1 aromatic rings. The van der Waals surface area contributed by atoms with E-state index < -0.39 is 0 Å². The summed E-state index contributed by atoms with van der Waals surface area (Å²) in [6, 6.07) is 7.60. The average Bonchev–Trinajstić information content (AvgIpc) is 2.69. The predicted octanol–water partition coefficient (Wildman–Crippen LogP) is 3.21. The van der Waals surface area contributed by atoms with Crippen molar-refractivity contribution in [3.8, 4) is 11.5 Å². The van der Waals surface area contributed by atoms with E-state index in [4.69, 9.17) is 14.5 Å². The number of nitrogens with zero attached hydrogens (tertiary/aromatic N) is 1. The molecule has 1 rings (SSSR count). The molecule has 3 N–H and O–H groups in total. The van der Waals surface area contributed by atoms with Crippen molar-refractivity contribution in [1.82, 2.24) is 10.6 Å². The summed E-state index contributed by atoms with van der Waals surface area (Å²) in [5.41, 5.74) is 0.0554. The maximum absolute atomic E-state index is 9.38. The van der Waals surface area contributed by atoms with Gasteiger partial charge in [-0.25, -0.2) is 0 Å². The van der Waals surface area contributed by atoms with Crippen LogP contribution in [0.5, 0.6) is 11.5 Å². The Bertz CT molecular complexity index is 559. The first-order valence-corrected chi connectivity index (χ1v) is 9.96. The normalized spacial score (nSPS) is 13.2. The van der Waals surface area contributed by atoms with Gasteiger partial charge in [0.05, 0.1) is 13.7 Å². The zero-order valence-electron chi connectivity index (χ0n) is 17.5. The van der Waals surface area contributed by atoms with E-state index in [1.54, 1.807) is 7.11 Å². The molecule has 0 saturated carbocycles. The van der Waals surface area contributed by atoms with Crippen LogP contribution in [-0.4, -0.2) is 50.5 Å². The lowest BCUT2D eigenvalue weighted by atomic mass is 9.79. The van der Waals surface area contributed by atoms with Gasteiger partial charge < -0.3 is 25.2 Å². The van der Waals surface area contributed by atoms with E-state index in [9.17, 15) is 5.11 Å². The molecule has 0 aliphatic carbocycles. The number of aliphatic hydroxyl groups is 1. The Morgan fingerprint density at radius 3 is 2.48 bits per heavy atom. The second-order valence-corrected chi connectivity index (χ2v) is 6.86. The minimum atomic E-state index is -0.0273. The third kappa shape index (κ3) is 8.08. The summed E-state index contributed by atoms with van der Waals surface area (Å²) >= 11 is 0. The molecule has 0 radical (unpaired) electrons. The fraction of sp³-hybridized carbons (Fsp3) is 0.667. The van der Waals surface area contributed by atoms with E-state index >= 15 is 0 Å². The molecule has 0 heterocycles. The van der Waals surface area contributed by atoms with E-state index in [0.29, 0.717) is 13.1 Å². The predicted molar refractivity (Wildman–Crippen MR) is 112 cm³/mol. The van der Waals surface area contributed by atoms with Crippen molar-refractivity contribution < 1.29 is 14.6 Å². The lowest BCUT2D eigenvalue weighted by Crippen LogP contribution is -2.42. The molecule has 0 bridgehead atoms. The van der Waals surface area contributed by atoms with Gasteiger partial charge in [-0.2, -0.15) is 0 Å². The number of benzene rings is 1. The molecular weight excluding hydrogens is 342 g/mol. The summed E-state index contributed by atoms with van der Waals surface area (Å²) in [6.45, 7) is 10.7. The monoisotopic (exact) mass is 379 g/mol. The Morgan fingerprint density at radius 1 is 1.19 bits per heavy atom. The number of ether oxygens (including phenoxy) is 2. The molecule has 1 unspecified atom stereocenters. The molecule has 0 amide bonds. The minimum absolute atomic E-state index is 0.0273. The van der Waals surface area contributed by atoms with Gasteiger partial charge in [-0.1, -0.05) is 19.9 Å². The molecular formula is C21H37N3O3. The van der Waals surface area contributed by atoms with Gasteiger partial charge in [0.2, 0.25) is 0 Å². The van der Waals surface area contributed by atoms with E-state index in [-0.39, 0.29) is 18.1 Å². The minimum Gasteiger partial charge on any atom is -0.497 e. The van der Waals surface area contributed by atoms with Crippen LogP contribution < -0.4 is 20.1 Å². The van der Waals surface area contributed by atoms with Crippen LogP contribution in [0.1, 0.15) is 47.0 Å². The molecule has 1 aromatic carbocycles. The van der Waals surface area contributed by atoms with Gasteiger partial charge >= 0.3 is 0 Å². The fourth-order valence-corrected chi connectivity index (χ4v) is 2.92. The molecule has 0 saturated heterocycles. The molecule has 6 heteroatoms. The molecule has 0 aromatic heterocycles. The Kier molecular flexibility index (Phi) is 10.6. The van der Waals surface area contributed by atoms with Gasteiger partial charge in [0.15, 0.2) is 5.96 Å². The van der Waals surface area contributed by atoms with Crippen LogP contribution in [0.15, 0.2) is 29.3 Å². The highest BCUT2D eigenvalue weighted by atomic mass is 16.5. The highest BCUT2D eigenvalue weighted by Crippen LogP contribution is 2.30. The second-order valence-electron chi connectivity index (χ2n) is 6.86. The van der Waals surface area contributed by atoms with Crippen molar-refractivity contribution in [2.75, 3.05) is 33.4 Å². The molecule has 0 aliphatic rings. The van der Waals surface area contributed by atoms with Crippen molar-refractivity contribution in [1.29, 1.82) is 0 Å². The summed E-state index contributed by atoms with van der Waals surface area (Å²) in [7, 11) is 1.65. The molecule has 27 heavy (non-hydrogen) atoms. The SMILES string of the molecule is CCNC(=NCC(CC)(CC)CCO)NCC(C)Oc1cccc(OC)c1. The van der Waals surface area contributed by atoms with Crippen molar-refractivity contribution in [3.05, 3.63) is 24.3 Å². The van der Waals surface area contributed by atoms with E-state index in [2.05, 4.69) is 24.5 Å². The summed E-state index contributed by atoms with van der Waals surface area (Å²) in [5, 5.41) is 16.0. The highest BCUT2D eigenvalue weighted by Gasteiger charge is 2.25. The van der Waals surface area contributed by atoms with Crippen molar-refractivity contribution in [2.24, 2.45) is 10.4 Å². The topological polar surface area (TPSA) is 75.1 Å². The Balaban J connectivity index is 2.64. The van der Waals surface area contributed by atoms with E-state index in [1.165, 1.54) is 0 Å². The summed E-state index contributed by atoms with van der Waals surface area (Å²) < 4.78 is 11.2. The number of rotatable bonds is 12. The van der Waals surface area contributed by atoms with Crippen LogP contribution >= 0.6 is 0 Å². The summed E-state index contributed by atoms with van der Waals surface area (Å²) in [4.78, 5) is 4.76. The fourth-order valence-electron chi connectivity index (χ4n) is 2.92. The van der Waals surface area contributed by atoms with Gasteiger partial charge in [-0.15, -0.1) is 0 Å². The standard InChI is InChI=1S/C21H37N3O3/c1-6-21(7-2,12-13-25)16-24-20(22-8-3)23-15-17(4)27-19-11-9-10-18(14-19)26-5/h9-11,14,17,25H,6-8,12-13,15-16H2,1-5H3,(H2,22,23,24). The van der Waals surface area contributed by atoms with Crippen LogP contribution in [0, 0.1) is 5.41 Å². The van der Waals surface area contributed by atoms with Crippen molar-refractivity contribution in [3.63, 3.8) is 0 Å². The second kappa shape index (κ2) is 12.4. The number of guanidine groups is 1. The first kappa shape index (κ1) is 23.1. The van der Waals surface area contributed by atoms with Crippen LogP contribution in [-0.2, 0) is 0 Å². The number of aliphatic hydroxyl groups excluding tert-OH is 1. The molecule has 1 atom stereocenters.